The van der Waals surface area contributed by atoms with Gasteiger partial charge in [-0.05, 0) is 29.3 Å². The van der Waals surface area contributed by atoms with Crippen LogP contribution < -0.4 is 5.32 Å². The molecule has 0 amide bonds. The Bertz CT molecular complexity index is 929. The van der Waals surface area contributed by atoms with Crippen LogP contribution in [0, 0.1) is 0 Å². The fourth-order valence-electron chi connectivity index (χ4n) is 2.67. The minimum atomic E-state index is 0.645. The van der Waals surface area contributed by atoms with Crippen LogP contribution in [0.1, 0.15) is 11.1 Å². The number of hydrogen-bond donors (Lipinski definition) is 1. The Kier molecular flexibility index (Phi) is 3.90. The fraction of sp³-hybridized carbons (Fsp3) is 0.105. The van der Waals surface area contributed by atoms with E-state index in [1.165, 1.54) is 11.1 Å². The summed E-state index contributed by atoms with van der Waals surface area (Å²) in [6.07, 6.45) is 5.36. The van der Waals surface area contributed by atoms with E-state index in [0.717, 1.165) is 17.6 Å². The Labute approximate surface area is 140 Å². The second kappa shape index (κ2) is 6.50. The summed E-state index contributed by atoms with van der Waals surface area (Å²) in [5, 5.41) is 3.21. The number of anilines is 1. The molecule has 5 heteroatoms. The van der Waals surface area contributed by atoms with Crippen LogP contribution in [0.3, 0.4) is 0 Å². The normalized spacial score (nSPS) is 10.8. The van der Waals surface area contributed by atoms with Crippen LogP contribution in [0.15, 0.2) is 73.3 Å². The van der Waals surface area contributed by atoms with Gasteiger partial charge in [-0.15, -0.1) is 0 Å². The van der Waals surface area contributed by atoms with E-state index >= 15 is 0 Å². The summed E-state index contributed by atoms with van der Waals surface area (Å²) in [7, 11) is 0. The zero-order valence-corrected chi connectivity index (χ0v) is 13.1. The molecule has 0 aliphatic heterocycles. The van der Waals surface area contributed by atoms with E-state index in [2.05, 4.69) is 55.2 Å². The summed E-state index contributed by atoms with van der Waals surface area (Å²) in [5.74, 6) is 0.645. The average molecular weight is 315 g/mol. The van der Waals surface area contributed by atoms with Crippen molar-refractivity contribution in [3.05, 3.63) is 84.4 Å². The maximum atomic E-state index is 4.43. The van der Waals surface area contributed by atoms with E-state index in [4.69, 9.17) is 0 Å². The van der Waals surface area contributed by atoms with E-state index in [9.17, 15) is 0 Å². The minimum Gasteiger partial charge on any atom is -0.350 e. The zero-order chi connectivity index (χ0) is 16.2. The predicted molar refractivity (Wildman–Crippen MR) is 94.6 cm³/mol. The van der Waals surface area contributed by atoms with Gasteiger partial charge in [-0.25, -0.2) is 15.0 Å². The molecular formula is C19H17N5. The molecule has 4 aromatic rings. The lowest BCUT2D eigenvalue weighted by molar-refractivity contribution is 0.823. The molecule has 2 heterocycles. The molecule has 4 rings (SSSR count). The van der Waals surface area contributed by atoms with Crippen molar-refractivity contribution in [1.29, 1.82) is 0 Å². The summed E-state index contributed by atoms with van der Waals surface area (Å²) in [6, 6.07) is 18.6. The highest BCUT2D eigenvalue weighted by Gasteiger charge is 2.03. The molecule has 1 N–H and O–H groups in total. The van der Waals surface area contributed by atoms with Gasteiger partial charge in [-0.1, -0.05) is 36.4 Å². The third-order valence-electron chi connectivity index (χ3n) is 3.92. The van der Waals surface area contributed by atoms with E-state index < -0.39 is 0 Å². The van der Waals surface area contributed by atoms with Crippen molar-refractivity contribution in [3.8, 4) is 0 Å². The van der Waals surface area contributed by atoms with Gasteiger partial charge in [0.05, 0.1) is 17.4 Å². The highest BCUT2D eigenvalue weighted by atomic mass is 15.1. The molecule has 0 aliphatic carbocycles. The van der Waals surface area contributed by atoms with E-state index in [1.54, 1.807) is 18.5 Å². The largest absolute Gasteiger partial charge is 0.350 e. The fourth-order valence-corrected chi connectivity index (χ4v) is 2.67. The third kappa shape index (κ3) is 3.10. The van der Waals surface area contributed by atoms with Crippen LogP contribution >= 0.6 is 0 Å². The van der Waals surface area contributed by atoms with Gasteiger partial charge in [0.2, 0.25) is 5.95 Å². The van der Waals surface area contributed by atoms with Gasteiger partial charge in [0, 0.05) is 25.5 Å². The van der Waals surface area contributed by atoms with E-state index in [0.29, 0.717) is 12.5 Å². The Balaban J connectivity index is 1.44. The second-order valence-corrected chi connectivity index (χ2v) is 5.60. The smallest absolute Gasteiger partial charge is 0.222 e. The van der Waals surface area contributed by atoms with Crippen LogP contribution in [0.5, 0.6) is 0 Å². The van der Waals surface area contributed by atoms with Crippen LogP contribution in [0.2, 0.25) is 0 Å². The molecule has 0 bridgehead atoms. The summed E-state index contributed by atoms with van der Waals surface area (Å²) < 4.78 is 2.17. The van der Waals surface area contributed by atoms with Crippen LogP contribution in [0.4, 0.5) is 5.95 Å². The standard InChI is InChI=1S/C19H17N5/c1-2-5-18-17(4-1)23-14-24(18)13-16-8-6-15(7-9-16)12-22-19-20-10-3-11-21-19/h1-11,14H,12-13H2,(H,20,21,22). The van der Waals surface area contributed by atoms with Gasteiger partial charge in [0.25, 0.3) is 0 Å². The summed E-state index contributed by atoms with van der Waals surface area (Å²) in [6.45, 7) is 1.52. The van der Waals surface area contributed by atoms with Crippen molar-refractivity contribution in [3.63, 3.8) is 0 Å². The molecule has 24 heavy (non-hydrogen) atoms. The summed E-state index contributed by atoms with van der Waals surface area (Å²) in [4.78, 5) is 12.7. The minimum absolute atomic E-state index is 0.645. The predicted octanol–water partition coefficient (Wildman–Crippen LogP) is 3.49. The van der Waals surface area contributed by atoms with Gasteiger partial charge in [-0.2, -0.15) is 0 Å². The number of imidazole rings is 1. The lowest BCUT2D eigenvalue weighted by atomic mass is 10.1. The molecule has 2 aromatic carbocycles. The molecule has 118 valence electrons. The number of hydrogen-bond acceptors (Lipinski definition) is 4. The second-order valence-electron chi connectivity index (χ2n) is 5.60. The zero-order valence-electron chi connectivity index (χ0n) is 13.1. The molecule has 0 unspecified atom stereocenters. The number of benzene rings is 2. The summed E-state index contributed by atoms with van der Waals surface area (Å²) >= 11 is 0. The lowest BCUT2D eigenvalue weighted by Crippen LogP contribution is -2.03. The van der Waals surface area contributed by atoms with Crippen molar-refractivity contribution < 1.29 is 0 Å². The first-order valence-corrected chi connectivity index (χ1v) is 7.87. The maximum absolute atomic E-state index is 4.43. The Morgan fingerprint density at radius 3 is 2.38 bits per heavy atom. The molecule has 0 fully saturated rings. The van der Waals surface area contributed by atoms with E-state index in [1.807, 2.05) is 24.5 Å². The Morgan fingerprint density at radius 1 is 0.792 bits per heavy atom. The third-order valence-corrected chi connectivity index (χ3v) is 3.92. The number of fused-ring (bicyclic) bond motifs is 1. The number of rotatable bonds is 5. The quantitative estimate of drug-likeness (QED) is 0.612. The van der Waals surface area contributed by atoms with E-state index in [-0.39, 0.29) is 0 Å². The molecule has 0 saturated carbocycles. The van der Waals surface area contributed by atoms with Crippen LogP contribution in [-0.2, 0) is 13.1 Å². The Hall–Kier alpha value is -3.21. The first kappa shape index (κ1) is 14.4. The molecule has 0 atom stereocenters. The van der Waals surface area contributed by atoms with Gasteiger partial charge >= 0.3 is 0 Å². The Morgan fingerprint density at radius 2 is 1.54 bits per heavy atom. The number of nitrogens with one attached hydrogen (secondary N) is 1. The molecule has 0 aliphatic rings. The van der Waals surface area contributed by atoms with Crippen LogP contribution in [-0.4, -0.2) is 19.5 Å². The number of aromatic nitrogens is 4. The van der Waals surface area contributed by atoms with Gasteiger partial charge in [0.15, 0.2) is 0 Å². The molecule has 0 radical (unpaired) electrons. The number of para-hydroxylation sites is 2. The molecular weight excluding hydrogens is 298 g/mol. The average Bonchev–Trinajstić information content (AvgIpc) is 3.05. The first-order chi connectivity index (χ1) is 11.9. The first-order valence-electron chi connectivity index (χ1n) is 7.87. The maximum Gasteiger partial charge on any atom is 0.222 e. The van der Waals surface area contributed by atoms with Gasteiger partial charge in [0.1, 0.15) is 0 Å². The highest BCUT2D eigenvalue weighted by molar-refractivity contribution is 5.75. The van der Waals surface area contributed by atoms with Crippen molar-refractivity contribution in [1.82, 2.24) is 19.5 Å². The van der Waals surface area contributed by atoms with Crippen molar-refractivity contribution in [2.45, 2.75) is 13.1 Å². The number of nitrogens with zero attached hydrogens (tertiary/aromatic N) is 4. The lowest BCUT2D eigenvalue weighted by Gasteiger charge is -2.07. The van der Waals surface area contributed by atoms with Crippen molar-refractivity contribution >= 4 is 17.0 Å². The van der Waals surface area contributed by atoms with Gasteiger partial charge in [-0.3, -0.25) is 0 Å². The summed E-state index contributed by atoms with van der Waals surface area (Å²) in [5.41, 5.74) is 4.63. The van der Waals surface area contributed by atoms with Crippen molar-refractivity contribution in [2.75, 3.05) is 5.32 Å². The van der Waals surface area contributed by atoms with Crippen LogP contribution in [0.25, 0.3) is 11.0 Å². The highest BCUT2D eigenvalue weighted by Crippen LogP contribution is 2.14. The topological polar surface area (TPSA) is 55.6 Å². The van der Waals surface area contributed by atoms with Gasteiger partial charge < -0.3 is 9.88 Å². The molecule has 0 spiro atoms. The monoisotopic (exact) mass is 315 g/mol. The molecule has 5 nitrogen and oxygen atoms in total. The molecule has 0 saturated heterocycles. The SMILES string of the molecule is c1cnc(NCc2ccc(Cn3cnc4ccccc43)cc2)nc1. The van der Waals surface area contributed by atoms with Crippen molar-refractivity contribution in [2.24, 2.45) is 0 Å². The molecule has 2 aromatic heterocycles.